The number of hydrogen-bond acceptors (Lipinski definition) is 5. The molecule has 102 valence electrons. The molecule has 8 heteroatoms. The van der Waals surface area contributed by atoms with Gasteiger partial charge >= 0.3 is 0 Å². The van der Waals surface area contributed by atoms with E-state index in [1.807, 2.05) is 0 Å². The van der Waals surface area contributed by atoms with Gasteiger partial charge in [0.25, 0.3) is 5.69 Å². The molecule has 3 N–H and O–H groups in total. The summed E-state index contributed by atoms with van der Waals surface area (Å²) in [6.07, 6.45) is 1.39. The topological polar surface area (TPSA) is 115 Å². The van der Waals surface area contributed by atoms with Gasteiger partial charge in [-0.15, -0.1) is 0 Å². The number of nitrogens with zero attached hydrogens (tertiary/aromatic N) is 2. The molecule has 0 aliphatic carbocycles. The fraction of sp³-hybridized carbons (Fsp3) is 0. The van der Waals surface area contributed by atoms with Gasteiger partial charge in [-0.05, 0) is 28.1 Å². The average molecular weight is 337 g/mol. The van der Waals surface area contributed by atoms with E-state index >= 15 is 0 Å². The maximum atomic E-state index is 10.7. The van der Waals surface area contributed by atoms with Crippen molar-refractivity contribution in [3.63, 3.8) is 0 Å². The molecule has 0 bridgehead atoms. The van der Waals surface area contributed by atoms with Gasteiger partial charge in [-0.3, -0.25) is 15.5 Å². The Labute approximate surface area is 122 Å². The summed E-state index contributed by atoms with van der Waals surface area (Å²) in [6.45, 7) is 0. The number of nitrogens with two attached hydrogens (primary N) is 1. The lowest BCUT2D eigenvalue weighted by molar-refractivity contribution is -0.384. The van der Waals surface area contributed by atoms with Crippen LogP contribution in [0.3, 0.4) is 0 Å². The van der Waals surface area contributed by atoms with Gasteiger partial charge < -0.3 is 10.5 Å². The number of benzene rings is 1. The van der Waals surface area contributed by atoms with Crippen LogP contribution in [0.25, 0.3) is 0 Å². The lowest BCUT2D eigenvalue weighted by Gasteiger charge is -2.07. The van der Waals surface area contributed by atoms with Crippen LogP contribution >= 0.6 is 15.9 Å². The van der Waals surface area contributed by atoms with E-state index in [0.29, 0.717) is 10.0 Å². The molecular formula is C12H9BrN4O3. The van der Waals surface area contributed by atoms with E-state index in [-0.39, 0.29) is 23.2 Å². The zero-order chi connectivity index (χ0) is 14.7. The first-order valence-electron chi connectivity index (χ1n) is 5.39. The minimum atomic E-state index is -0.508. The Morgan fingerprint density at radius 1 is 1.40 bits per heavy atom. The molecule has 2 rings (SSSR count). The van der Waals surface area contributed by atoms with Gasteiger partial charge in [0.05, 0.1) is 15.5 Å². The SMILES string of the molecule is N=C(N)c1ccc(Oc2cc([N+](=O)[O-])ccc2Br)nc1. The largest absolute Gasteiger partial charge is 0.438 e. The number of nitrogens with one attached hydrogen (secondary N) is 1. The van der Waals surface area contributed by atoms with Crippen molar-refractivity contribution in [3.05, 3.63) is 56.7 Å². The number of rotatable bonds is 4. The van der Waals surface area contributed by atoms with Crippen molar-refractivity contribution in [1.82, 2.24) is 4.98 Å². The van der Waals surface area contributed by atoms with Gasteiger partial charge in [0.15, 0.2) is 5.75 Å². The number of nitrogen functional groups attached to an aromatic ring is 1. The number of halogens is 1. The van der Waals surface area contributed by atoms with Gasteiger partial charge in [0.1, 0.15) is 5.84 Å². The molecule has 0 aliphatic rings. The van der Waals surface area contributed by atoms with Gasteiger partial charge in [0.2, 0.25) is 5.88 Å². The Hall–Kier alpha value is -2.48. The predicted molar refractivity (Wildman–Crippen MR) is 76.1 cm³/mol. The Bertz CT molecular complexity index is 673. The molecule has 0 saturated heterocycles. The molecule has 0 atom stereocenters. The third kappa shape index (κ3) is 3.09. The molecule has 0 saturated carbocycles. The van der Waals surface area contributed by atoms with Crippen LogP contribution in [0.15, 0.2) is 41.0 Å². The summed E-state index contributed by atoms with van der Waals surface area (Å²) in [4.78, 5) is 14.2. The van der Waals surface area contributed by atoms with Crippen LogP contribution in [0.5, 0.6) is 11.6 Å². The first-order valence-corrected chi connectivity index (χ1v) is 6.19. The molecule has 0 spiro atoms. The van der Waals surface area contributed by atoms with Gasteiger partial charge in [0, 0.05) is 23.9 Å². The van der Waals surface area contributed by atoms with E-state index in [4.69, 9.17) is 15.9 Å². The van der Waals surface area contributed by atoms with Crippen molar-refractivity contribution in [2.45, 2.75) is 0 Å². The summed E-state index contributed by atoms with van der Waals surface area (Å²) in [5.41, 5.74) is 5.70. The van der Waals surface area contributed by atoms with Crippen molar-refractivity contribution in [1.29, 1.82) is 5.41 Å². The molecule has 0 unspecified atom stereocenters. The van der Waals surface area contributed by atoms with E-state index in [2.05, 4.69) is 20.9 Å². The quantitative estimate of drug-likeness (QED) is 0.385. The lowest BCUT2D eigenvalue weighted by Crippen LogP contribution is -2.11. The Balaban J connectivity index is 2.27. The zero-order valence-electron chi connectivity index (χ0n) is 10.0. The van der Waals surface area contributed by atoms with Crippen LogP contribution in [-0.4, -0.2) is 15.7 Å². The summed E-state index contributed by atoms with van der Waals surface area (Å²) in [7, 11) is 0. The third-order valence-electron chi connectivity index (χ3n) is 2.39. The second-order valence-corrected chi connectivity index (χ2v) is 4.63. The van der Waals surface area contributed by atoms with Crippen molar-refractivity contribution in [3.8, 4) is 11.6 Å². The summed E-state index contributed by atoms with van der Waals surface area (Å²) >= 11 is 3.25. The van der Waals surface area contributed by atoms with Crippen LogP contribution in [-0.2, 0) is 0 Å². The number of pyridine rings is 1. The highest BCUT2D eigenvalue weighted by Gasteiger charge is 2.11. The first kappa shape index (κ1) is 13.9. The molecule has 0 amide bonds. The van der Waals surface area contributed by atoms with Gasteiger partial charge in [-0.25, -0.2) is 4.98 Å². The molecule has 1 aromatic carbocycles. The van der Waals surface area contributed by atoms with E-state index in [0.717, 1.165) is 0 Å². The van der Waals surface area contributed by atoms with Crippen molar-refractivity contribution >= 4 is 27.5 Å². The molecule has 7 nitrogen and oxygen atoms in total. The maximum absolute atomic E-state index is 10.7. The highest BCUT2D eigenvalue weighted by Crippen LogP contribution is 2.32. The van der Waals surface area contributed by atoms with Crippen LogP contribution < -0.4 is 10.5 Å². The van der Waals surface area contributed by atoms with Crippen LogP contribution in [0.2, 0.25) is 0 Å². The first-order chi connectivity index (χ1) is 9.47. The van der Waals surface area contributed by atoms with Crippen LogP contribution in [0.4, 0.5) is 5.69 Å². The fourth-order valence-corrected chi connectivity index (χ4v) is 1.72. The second-order valence-electron chi connectivity index (χ2n) is 3.77. The number of nitro benzene ring substituents is 1. The summed E-state index contributed by atoms with van der Waals surface area (Å²) < 4.78 is 6.03. The number of nitro groups is 1. The molecule has 1 heterocycles. The molecular weight excluding hydrogens is 328 g/mol. The van der Waals surface area contributed by atoms with Crippen LogP contribution in [0.1, 0.15) is 5.56 Å². The zero-order valence-corrected chi connectivity index (χ0v) is 11.6. The minimum Gasteiger partial charge on any atom is -0.438 e. The van der Waals surface area contributed by atoms with Crippen molar-refractivity contribution in [2.24, 2.45) is 5.73 Å². The predicted octanol–water partition coefficient (Wildman–Crippen LogP) is 2.83. The maximum Gasteiger partial charge on any atom is 0.273 e. The van der Waals surface area contributed by atoms with Crippen molar-refractivity contribution in [2.75, 3.05) is 0 Å². The third-order valence-corrected chi connectivity index (χ3v) is 3.04. The van der Waals surface area contributed by atoms with Crippen LogP contribution in [0, 0.1) is 15.5 Å². The van der Waals surface area contributed by atoms with E-state index in [9.17, 15) is 10.1 Å². The smallest absolute Gasteiger partial charge is 0.273 e. The molecule has 0 fully saturated rings. The molecule has 2 aromatic rings. The number of hydrogen-bond donors (Lipinski definition) is 2. The Morgan fingerprint density at radius 3 is 2.70 bits per heavy atom. The van der Waals surface area contributed by atoms with Gasteiger partial charge in [-0.1, -0.05) is 0 Å². The standard InChI is InChI=1S/C12H9BrN4O3/c13-9-3-2-8(17(18)19)5-10(9)20-11-4-1-7(6-16-11)12(14)15/h1-6H,(H3,14,15). The molecule has 20 heavy (non-hydrogen) atoms. The average Bonchev–Trinajstić information content (AvgIpc) is 2.41. The summed E-state index contributed by atoms with van der Waals surface area (Å²) in [5.74, 6) is 0.430. The number of amidine groups is 1. The monoisotopic (exact) mass is 336 g/mol. The number of non-ortho nitro benzene ring substituents is 1. The number of ether oxygens (including phenoxy) is 1. The lowest BCUT2D eigenvalue weighted by atomic mass is 10.2. The van der Waals surface area contributed by atoms with E-state index in [1.54, 1.807) is 6.07 Å². The number of aromatic nitrogens is 1. The Morgan fingerprint density at radius 2 is 2.15 bits per heavy atom. The van der Waals surface area contributed by atoms with Crippen molar-refractivity contribution < 1.29 is 9.66 Å². The summed E-state index contributed by atoms with van der Waals surface area (Å²) in [6, 6.07) is 7.29. The highest BCUT2D eigenvalue weighted by molar-refractivity contribution is 9.10. The minimum absolute atomic E-state index is 0.0800. The Kier molecular flexibility index (Phi) is 3.94. The normalized spacial score (nSPS) is 10.1. The van der Waals surface area contributed by atoms with Gasteiger partial charge in [-0.2, -0.15) is 0 Å². The highest BCUT2D eigenvalue weighted by atomic mass is 79.9. The molecule has 1 aromatic heterocycles. The fourth-order valence-electron chi connectivity index (χ4n) is 1.40. The van der Waals surface area contributed by atoms with E-state index < -0.39 is 4.92 Å². The summed E-state index contributed by atoms with van der Waals surface area (Å²) in [5, 5.41) is 18.0. The molecule has 0 aliphatic heterocycles. The van der Waals surface area contributed by atoms with E-state index in [1.165, 1.54) is 30.5 Å². The molecule has 0 radical (unpaired) electrons. The second kappa shape index (κ2) is 5.66.